The molecule has 0 saturated carbocycles. The second kappa shape index (κ2) is 8.36. The van der Waals surface area contributed by atoms with Crippen molar-refractivity contribution in [1.29, 1.82) is 5.26 Å². The summed E-state index contributed by atoms with van der Waals surface area (Å²) in [6.45, 7) is 3.41. The fraction of sp³-hybridized carbons (Fsp3) is 0.185. The van der Waals surface area contributed by atoms with Gasteiger partial charge in [-0.3, -0.25) is 9.88 Å². The molecule has 2 aromatic carbocycles. The van der Waals surface area contributed by atoms with E-state index in [9.17, 15) is 5.26 Å². The van der Waals surface area contributed by atoms with Gasteiger partial charge in [0.2, 0.25) is 0 Å². The van der Waals surface area contributed by atoms with E-state index in [1.165, 1.54) is 41.6 Å². The minimum Gasteiger partial charge on any atom is -0.361 e. The molecule has 0 atom stereocenters. The van der Waals surface area contributed by atoms with E-state index < -0.39 is 0 Å². The van der Waals surface area contributed by atoms with Gasteiger partial charge in [-0.2, -0.15) is 5.26 Å². The predicted molar refractivity (Wildman–Crippen MR) is 136 cm³/mol. The number of nitrogens with zero attached hydrogens (tertiary/aromatic N) is 3. The summed E-state index contributed by atoms with van der Waals surface area (Å²) in [5, 5.41) is 15.7. The molecule has 0 spiro atoms. The predicted octanol–water partition coefficient (Wildman–Crippen LogP) is 6.66. The summed E-state index contributed by atoms with van der Waals surface area (Å²) in [5.74, 6) is 0. The molecule has 3 aromatic heterocycles. The van der Waals surface area contributed by atoms with Gasteiger partial charge in [0.05, 0.1) is 11.3 Å². The second-order valence-corrected chi connectivity index (χ2v) is 9.64. The average molecular weight is 450 g/mol. The molecule has 6 heteroatoms. The summed E-state index contributed by atoms with van der Waals surface area (Å²) in [6.07, 6.45) is 8.03. The van der Waals surface area contributed by atoms with Gasteiger partial charge in [0.15, 0.2) is 0 Å². The molecule has 0 bridgehead atoms. The van der Waals surface area contributed by atoms with Crippen LogP contribution in [0.25, 0.3) is 31.4 Å². The smallest absolute Gasteiger partial charge is 0.103 e. The maximum Gasteiger partial charge on any atom is 0.103 e. The molecule has 1 fully saturated rings. The minimum atomic E-state index is 0.534. The van der Waals surface area contributed by atoms with Gasteiger partial charge in [0.25, 0.3) is 0 Å². The largest absolute Gasteiger partial charge is 0.361 e. The molecule has 1 aliphatic heterocycles. The van der Waals surface area contributed by atoms with E-state index in [-0.39, 0.29) is 0 Å². The standard InChI is InChI=1S/C27H23N5S/c28-14-20-15-29-16-22(27(20)31-24-5-3-4-23-21(24)8-9-30-23)26-13-19-12-18(6-7-25(19)33-26)17-32-10-1-2-11-32/h3-9,12-13,15-16,30H,1-2,10-11,17H2,(H,29,31). The lowest BCUT2D eigenvalue weighted by Gasteiger charge is -2.14. The van der Waals surface area contributed by atoms with Crippen molar-refractivity contribution in [2.45, 2.75) is 19.4 Å². The van der Waals surface area contributed by atoms with E-state index in [1.807, 2.05) is 36.7 Å². The third-order valence-corrected chi connectivity index (χ3v) is 7.52. The van der Waals surface area contributed by atoms with Crippen LogP contribution in [0.2, 0.25) is 0 Å². The van der Waals surface area contributed by atoms with Gasteiger partial charge in [0, 0.05) is 56.9 Å². The second-order valence-electron chi connectivity index (χ2n) is 8.56. The van der Waals surface area contributed by atoms with Gasteiger partial charge in [-0.25, -0.2) is 0 Å². The number of benzene rings is 2. The number of thiophene rings is 1. The Bertz CT molecular complexity index is 1500. The lowest BCUT2D eigenvalue weighted by molar-refractivity contribution is 0.331. The number of aromatic nitrogens is 2. The van der Waals surface area contributed by atoms with E-state index in [4.69, 9.17) is 0 Å². The molecule has 0 aliphatic carbocycles. The van der Waals surface area contributed by atoms with Gasteiger partial charge in [-0.15, -0.1) is 11.3 Å². The normalized spacial score (nSPS) is 14.2. The van der Waals surface area contributed by atoms with Crippen LogP contribution in [0.15, 0.2) is 67.1 Å². The zero-order valence-electron chi connectivity index (χ0n) is 18.1. The molecule has 1 saturated heterocycles. The van der Waals surface area contributed by atoms with Gasteiger partial charge < -0.3 is 10.3 Å². The van der Waals surface area contributed by atoms with Gasteiger partial charge in [0.1, 0.15) is 6.07 Å². The molecule has 33 heavy (non-hydrogen) atoms. The molecule has 6 rings (SSSR count). The van der Waals surface area contributed by atoms with Crippen LogP contribution in [0.4, 0.5) is 11.4 Å². The fourth-order valence-electron chi connectivity index (χ4n) is 4.72. The van der Waals surface area contributed by atoms with Crippen LogP contribution in [0.3, 0.4) is 0 Å². The van der Waals surface area contributed by atoms with Crippen molar-refractivity contribution in [3.8, 4) is 16.5 Å². The monoisotopic (exact) mass is 449 g/mol. The zero-order chi connectivity index (χ0) is 22.2. The Morgan fingerprint density at radius 2 is 2.00 bits per heavy atom. The highest BCUT2D eigenvalue weighted by atomic mass is 32.1. The Hall–Kier alpha value is -3.66. The molecule has 1 aliphatic rings. The van der Waals surface area contributed by atoms with Crippen LogP contribution in [-0.4, -0.2) is 28.0 Å². The highest BCUT2D eigenvalue weighted by Crippen LogP contribution is 2.40. The Morgan fingerprint density at radius 3 is 2.88 bits per heavy atom. The Balaban J connectivity index is 1.40. The summed E-state index contributed by atoms with van der Waals surface area (Å²) in [6, 6.07) is 19.5. The molecule has 162 valence electrons. The first-order valence-electron chi connectivity index (χ1n) is 11.2. The molecule has 4 heterocycles. The highest BCUT2D eigenvalue weighted by molar-refractivity contribution is 7.22. The van der Waals surface area contributed by atoms with Crippen molar-refractivity contribution in [2.75, 3.05) is 18.4 Å². The molecule has 2 N–H and O–H groups in total. The van der Waals surface area contributed by atoms with Crippen molar-refractivity contribution in [2.24, 2.45) is 0 Å². The number of hydrogen-bond acceptors (Lipinski definition) is 5. The number of nitrogens with one attached hydrogen (secondary N) is 2. The Labute approximate surface area is 196 Å². The van der Waals surface area contributed by atoms with Crippen molar-refractivity contribution in [1.82, 2.24) is 14.9 Å². The first-order valence-corrected chi connectivity index (χ1v) is 12.1. The van der Waals surface area contributed by atoms with Gasteiger partial charge in [-0.1, -0.05) is 12.1 Å². The minimum absolute atomic E-state index is 0.534. The zero-order valence-corrected chi connectivity index (χ0v) is 19.0. The van der Waals surface area contributed by atoms with E-state index >= 15 is 0 Å². The van der Waals surface area contributed by atoms with E-state index in [0.29, 0.717) is 5.56 Å². The van der Waals surface area contributed by atoms with Crippen LogP contribution in [0, 0.1) is 11.3 Å². The van der Waals surface area contributed by atoms with E-state index in [0.717, 1.165) is 39.3 Å². The fourth-order valence-corrected chi connectivity index (χ4v) is 5.78. The third kappa shape index (κ3) is 3.76. The summed E-state index contributed by atoms with van der Waals surface area (Å²) in [4.78, 5) is 11.3. The number of hydrogen-bond donors (Lipinski definition) is 2. The third-order valence-electron chi connectivity index (χ3n) is 6.37. The number of aromatic amines is 1. The number of fused-ring (bicyclic) bond motifs is 2. The van der Waals surface area contributed by atoms with Gasteiger partial charge in [-0.05, 0) is 73.3 Å². The maximum atomic E-state index is 9.82. The average Bonchev–Trinajstić information content (AvgIpc) is 3.60. The summed E-state index contributed by atoms with van der Waals surface area (Å²) >= 11 is 1.74. The maximum absolute atomic E-state index is 9.82. The SMILES string of the molecule is N#Cc1cncc(-c2cc3cc(CN4CCCC4)ccc3s2)c1Nc1cccc2[nH]ccc12. The van der Waals surface area contributed by atoms with Crippen LogP contribution in [0.1, 0.15) is 24.0 Å². The van der Waals surface area contributed by atoms with Crippen molar-refractivity contribution in [3.63, 3.8) is 0 Å². The topological polar surface area (TPSA) is 67.7 Å². The Morgan fingerprint density at radius 1 is 1.09 bits per heavy atom. The van der Waals surface area contributed by atoms with Crippen molar-refractivity contribution < 1.29 is 0 Å². The first-order chi connectivity index (χ1) is 16.3. The number of H-pyrrole nitrogens is 1. The number of pyridine rings is 1. The molecule has 5 aromatic rings. The summed E-state index contributed by atoms with van der Waals surface area (Å²) < 4.78 is 1.25. The highest BCUT2D eigenvalue weighted by Gasteiger charge is 2.16. The first kappa shape index (κ1) is 20.0. The summed E-state index contributed by atoms with van der Waals surface area (Å²) in [5.41, 5.74) is 5.66. The van der Waals surface area contributed by atoms with Crippen molar-refractivity contribution in [3.05, 3.63) is 78.2 Å². The number of nitriles is 1. The van der Waals surface area contributed by atoms with E-state index in [1.54, 1.807) is 17.5 Å². The Kier molecular flexibility index (Phi) is 5.06. The lowest BCUT2D eigenvalue weighted by atomic mass is 10.1. The molecular weight excluding hydrogens is 426 g/mol. The van der Waals surface area contributed by atoms with Crippen LogP contribution < -0.4 is 5.32 Å². The summed E-state index contributed by atoms with van der Waals surface area (Å²) in [7, 11) is 0. The molecule has 0 radical (unpaired) electrons. The van der Waals surface area contributed by atoms with Crippen LogP contribution in [-0.2, 0) is 6.54 Å². The van der Waals surface area contributed by atoms with Crippen molar-refractivity contribution >= 4 is 43.7 Å². The lowest BCUT2D eigenvalue weighted by Crippen LogP contribution is -2.18. The number of anilines is 2. The number of likely N-dealkylation sites (tertiary alicyclic amines) is 1. The van der Waals surface area contributed by atoms with Crippen LogP contribution in [0.5, 0.6) is 0 Å². The molecule has 5 nitrogen and oxygen atoms in total. The molecule has 0 amide bonds. The number of rotatable bonds is 5. The quantitative estimate of drug-likeness (QED) is 0.315. The molecule has 0 unspecified atom stereocenters. The van der Waals surface area contributed by atoms with Crippen LogP contribution >= 0.6 is 11.3 Å². The van der Waals surface area contributed by atoms with Gasteiger partial charge >= 0.3 is 0 Å². The van der Waals surface area contributed by atoms with E-state index in [2.05, 4.69) is 50.5 Å². The molecular formula is C27H23N5S.